The van der Waals surface area contributed by atoms with E-state index in [1.165, 1.54) is 4.31 Å². The van der Waals surface area contributed by atoms with Crippen LogP contribution in [-0.2, 0) is 14.8 Å². The van der Waals surface area contributed by atoms with Crippen LogP contribution in [0.4, 0.5) is 0 Å². The number of amides is 1. The van der Waals surface area contributed by atoms with Gasteiger partial charge in [-0.15, -0.1) is 0 Å². The highest BCUT2D eigenvalue weighted by molar-refractivity contribution is 9.10. The maximum absolute atomic E-state index is 12.7. The van der Waals surface area contributed by atoms with Crippen LogP contribution in [0.15, 0.2) is 45.3 Å². The molecule has 0 unspecified atom stereocenters. The Balaban J connectivity index is 1.64. The van der Waals surface area contributed by atoms with Crippen molar-refractivity contribution >= 4 is 31.9 Å². The van der Waals surface area contributed by atoms with E-state index in [1.54, 1.807) is 30.3 Å². The van der Waals surface area contributed by atoms with Crippen LogP contribution in [-0.4, -0.2) is 74.2 Å². The lowest BCUT2D eigenvalue weighted by Gasteiger charge is -2.35. The van der Waals surface area contributed by atoms with Crippen LogP contribution in [0.3, 0.4) is 0 Å². The summed E-state index contributed by atoms with van der Waals surface area (Å²) in [5.74, 6) is 0.0569. The Bertz CT molecular complexity index is 784. The van der Waals surface area contributed by atoms with Crippen molar-refractivity contribution in [3.63, 3.8) is 0 Å². The van der Waals surface area contributed by atoms with Gasteiger partial charge in [-0.05, 0) is 37.2 Å². The molecule has 0 radical (unpaired) electrons. The van der Waals surface area contributed by atoms with Gasteiger partial charge in [0.25, 0.3) is 0 Å². The number of benzene rings is 1. The minimum Gasteiger partial charge on any atom is -0.336 e. The lowest BCUT2D eigenvalue weighted by Crippen LogP contribution is -2.49. The van der Waals surface area contributed by atoms with Gasteiger partial charge in [0.1, 0.15) is 0 Å². The first-order valence-electron chi connectivity index (χ1n) is 8.88. The number of likely N-dealkylation sites (N-methyl/N-ethyl adjacent to an activating group) is 1. The zero-order chi connectivity index (χ0) is 18.7. The predicted molar refractivity (Wildman–Crippen MR) is 104 cm³/mol. The van der Waals surface area contributed by atoms with Crippen molar-refractivity contribution in [2.24, 2.45) is 0 Å². The van der Waals surface area contributed by atoms with Gasteiger partial charge in [0.2, 0.25) is 15.9 Å². The standard InChI is InChI=1S/C18H24BrN3O3S/c1-2-20-11-13-21(14-12-20)18(23)15-7-9-22(10-8-15)26(24,25)17-5-3-16(19)4-6-17/h3-7H,2,8-14H2,1H3. The molecular formula is C18H24BrN3O3S. The summed E-state index contributed by atoms with van der Waals surface area (Å²) in [6, 6.07) is 6.63. The molecule has 1 amide bonds. The van der Waals surface area contributed by atoms with Gasteiger partial charge in [-0.25, -0.2) is 8.42 Å². The fraction of sp³-hybridized carbons (Fsp3) is 0.500. The Kier molecular flexibility index (Phi) is 6.17. The summed E-state index contributed by atoms with van der Waals surface area (Å²) >= 11 is 3.31. The summed E-state index contributed by atoms with van der Waals surface area (Å²) in [5, 5.41) is 0. The van der Waals surface area contributed by atoms with Gasteiger partial charge in [-0.3, -0.25) is 4.79 Å². The molecule has 2 aliphatic heterocycles. The van der Waals surface area contributed by atoms with Gasteiger partial charge < -0.3 is 9.80 Å². The second-order valence-corrected chi connectivity index (χ2v) is 9.38. The smallest absolute Gasteiger partial charge is 0.249 e. The Morgan fingerprint density at radius 1 is 1.08 bits per heavy atom. The van der Waals surface area contributed by atoms with Crippen LogP contribution < -0.4 is 0 Å². The second kappa shape index (κ2) is 8.21. The van der Waals surface area contributed by atoms with Crippen molar-refractivity contribution in [1.82, 2.24) is 14.1 Å². The molecule has 26 heavy (non-hydrogen) atoms. The van der Waals surface area contributed by atoms with E-state index in [0.717, 1.165) is 42.8 Å². The van der Waals surface area contributed by atoms with E-state index in [4.69, 9.17) is 0 Å². The lowest BCUT2D eigenvalue weighted by molar-refractivity contribution is -0.129. The predicted octanol–water partition coefficient (Wildman–Crippen LogP) is 1.93. The first-order chi connectivity index (χ1) is 12.4. The molecule has 0 aliphatic carbocycles. The van der Waals surface area contributed by atoms with E-state index in [1.807, 2.05) is 4.90 Å². The number of rotatable bonds is 4. The SMILES string of the molecule is CCN1CCN(C(=O)C2=CCN(S(=O)(=O)c3ccc(Br)cc3)CC2)CC1. The third kappa shape index (κ3) is 4.19. The van der Waals surface area contributed by atoms with Gasteiger partial charge in [0.05, 0.1) is 4.90 Å². The molecule has 2 aliphatic rings. The number of nitrogens with zero attached hydrogens (tertiary/aromatic N) is 3. The summed E-state index contributed by atoms with van der Waals surface area (Å²) < 4.78 is 27.7. The third-order valence-corrected chi connectivity index (χ3v) is 7.41. The van der Waals surface area contributed by atoms with Crippen LogP contribution in [0.5, 0.6) is 0 Å². The Hall–Kier alpha value is -1.22. The van der Waals surface area contributed by atoms with Crippen molar-refractivity contribution < 1.29 is 13.2 Å². The van der Waals surface area contributed by atoms with Gasteiger partial charge in [0.15, 0.2) is 0 Å². The van der Waals surface area contributed by atoms with E-state index in [2.05, 4.69) is 27.8 Å². The number of piperazine rings is 1. The minimum atomic E-state index is -3.53. The molecule has 1 fully saturated rings. The van der Waals surface area contributed by atoms with Crippen LogP contribution in [0.2, 0.25) is 0 Å². The fourth-order valence-corrected chi connectivity index (χ4v) is 4.93. The number of carbonyl (C=O) groups is 1. The normalized spacial score (nSPS) is 20.1. The Morgan fingerprint density at radius 2 is 1.73 bits per heavy atom. The number of carbonyl (C=O) groups excluding carboxylic acids is 1. The number of hydrogen-bond acceptors (Lipinski definition) is 4. The van der Waals surface area contributed by atoms with Crippen LogP contribution in [0.25, 0.3) is 0 Å². The van der Waals surface area contributed by atoms with E-state index in [-0.39, 0.29) is 17.3 Å². The molecule has 0 aromatic heterocycles. The molecule has 0 bridgehead atoms. The highest BCUT2D eigenvalue weighted by atomic mass is 79.9. The first kappa shape index (κ1) is 19.5. The minimum absolute atomic E-state index is 0.0569. The lowest BCUT2D eigenvalue weighted by atomic mass is 10.1. The molecule has 142 valence electrons. The zero-order valence-electron chi connectivity index (χ0n) is 14.9. The number of sulfonamides is 1. The molecule has 1 aromatic carbocycles. The van der Waals surface area contributed by atoms with E-state index in [0.29, 0.717) is 13.0 Å². The number of hydrogen-bond donors (Lipinski definition) is 0. The van der Waals surface area contributed by atoms with Crippen LogP contribution in [0.1, 0.15) is 13.3 Å². The molecule has 0 saturated carbocycles. The average molecular weight is 442 g/mol. The second-order valence-electron chi connectivity index (χ2n) is 6.52. The maximum Gasteiger partial charge on any atom is 0.249 e. The Labute approximate surface area is 163 Å². The summed E-state index contributed by atoms with van der Waals surface area (Å²) in [6.45, 7) is 7.00. The topological polar surface area (TPSA) is 60.9 Å². The fourth-order valence-electron chi connectivity index (χ4n) is 3.29. The van der Waals surface area contributed by atoms with Gasteiger partial charge in [-0.2, -0.15) is 4.31 Å². The molecule has 8 heteroatoms. The quantitative estimate of drug-likeness (QED) is 0.715. The number of halogens is 1. The molecule has 6 nitrogen and oxygen atoms in total. The van der Waals surface area contributed by atoms with E-state index >= 15 is 0 Å². The van der Waals surface area contributed by atoms with Crippen molar-refractivity contribution in [2.75, 3.05) is 45.8 Å². The molecule has 0 atom stereocenters. The molecule has 0 spiro atoms. The summed E-state index contributed by atoms with van der Waals surface area (Å²) in [4.78, 5) is 17.2. The summed E-state index contributed by atoms with van der Waals surface area (Å²) in [7, 11) is -3.53. The molecular weight excluding hydrogens is 418 g/mol. The van der Waals surface area contributed by atoms with Crippen molar-refractivity contribution in [3.8, 4) is 0 Å². The first-order valence-corrected chi connectivity index (χ1v) is 11.1. The molecule has 1 aromatic rings. The Morgan fingerprint density at radius 3 is 2.27 bits per heavy atom. The monoisotopic (exact) mass is 441 g/mol. The molecule has 1 saturated heterocycles. The van der Waals surface area contributed by atoms with Gasteiger partial charge in [0, 0.05) is 49.3 Å². The van der Waals surface area contributed by atoms with Crippen LogP contribution in [0, 0.1) is 0 Å². The average Bonchev–Trinajstić information content (AvgIpc) is 2.68. The van der Waals surface area contributed by atoms with Crippen LogP contribution >= 0.6 is 15.9 Å². The maximum atomic E-state index is 12.7. The zero-order valence-corrected chi connectivity index (χ0v) is 17.3. The molecule has 2 heterocycles. The molecule has 3 rings (SSSR count). The van der Waals surface area contributed by atoms with Crippen molar-refractivity contribution in [1.29, 1.82) is 0 Å². The third-order valence-electron chi connectivity index (χ3n) is 5.00. The van der Waals surface area contributed by atoms with Gasteiger partial charge >= 0.3 is 0 Å². The van der Waals surface area contributed by atoms with Crippen molar-refractivity contribution in [3.05, 3.63) is 40.4 Å². The summed E-state index contributed by atoms with van der Waals surface area (Å²) in [5.41, 5.74) is 0.734. The highest BCUT2D eigenvalue weighted by Gasteiger charge is 2.29. The van der Waals surface area contributed by atoms with Gasteiger partial charge in [-0.1, -0.05) is 28.9 Å². The van der Waals surface area contributed by atoms with E-state index in [9.17, 15) is 13.2 Å². The largest absolute Gasteiger partial charge is 0.336 e. The highest BCUT2D eigenvalue weighted by Crippen LogP contribution is 2.23. The van der Waals surface area contributed by atoms with E-state index < -0.39 is 10.0 Å². The molecule has 0 N–H and O–H groups in total. The van der Waals surface area contributed by atoms with Crippen molar-refractivity contribution in [2.45, 2.75) is 18.2 Å². The summed E-state index contributed by atoms with van der Waals surface area (Å²) in [6.07, 6.45) is 2.23.